The van der Waals surface area contributed by atoms with Crippen LogP contribution in [0.2, 0.25) is 13.1 Å². The Morgan fingerprint density at radius 3 is 1.50 bits per heavy atom. The second-order valence-corrected chi connectivity index (χ2v) is 17.4. The highest BCUT2D eigenvalue weighted by molar-refractivity contribution is 7.03. The van der Waals surface area contributed by atoms with E-state index >= 15 is 8.78 Å². The van der Waals surface area contributed by atoms with Crippen LogP contribution in [0.4, 0.5) is 8.78 Å². The highest BCUT2D eigenvalue weighted by Gasteiger charge is 2.45. The molecule has 6 heteroatoms. The number of aromatic nitrogens is 3. The molecule has 1 aliphatic heterocycles. The molecule has 7 aromatic rings. The lowest BCUT2D eigenvalue weighted by Gasteiger charge is -2.19. The zero-order valence-corrected chi connectivity index (χ0v) is 27.4. The Labute approximate surface area is 278 Å². The largest absolute Gasteiger partial charge is 0.299 e. The van der Waals surface area contributed by atoms with Crippen molar-refractivity contribution < 1.29 is 8.78 Å². The van der Waals surface area contributed by atoms with Crippen LogP contribution < -0.4 is 10.4 Å². The average molecular weight is 642 g/mol. The van der Waals surface area contributed by atoms with Crippen LogP contribution in [0.5, 0.6) is 0 Å². The van der Waals surface area contributed by atoms with Crippen molar-refractivity contribution in [1.82, 2.24) is 15.0 Å². The van der Waals surface area contributed by atoms with Gasteiger partial charge in [0.05, 0.1) is 0 Å². The van der Waals surface area contributed by atoms with Crippen molar-refractivity contribution in [3.8, 4) is 67.5 Å². The van der Waals surface area contributed by atoms with Crippen molar-refractivity contribution in [3.05, 3.63) is 151 Å². The summed E-state index contributed by atoms with van der Waals surface area (Å²) < 4.78 is 33.0. The van der Waals surface area contributed by atoms with Gasteiger partial charge in [0.15, 0.2) is 17.5 Å². The van der Waals surface area contributed by atoms with E-state index in [0.717, 1.165) is 22.3 Å². The van der Waals surface area contributed by atoms with Gasteiger partial charge >= 0.3 is 0 Å². The lowest BCUT2D eigenvalue weighted by atomic mass is 9.96. The number of benzene rings is 6. The monoisotopic (exact) mass is 641 g/mol. The lowest BCUT2D eigenvalue weighted by Crippen LogP contribution is -2.49. The zero-order chi connectivity index (χ0) is 32.6. The molecule has 1 aliphatic carbocycles. The number of fused-ring (bicyclic) bond motifs is 6. The van der Waals surface area contributed by atoms with Gasteiger partial charge in [-0.25, -0.2) is 15.0 Å². The molecule has 2 heterocycles. The fourth-order valence-electron chi connectivity index (χ4n) is 7.38. The minimum Gasteiger partial charge on any atom is -0.208 e. The van der Waals surface area contributed by atoms with E-state index < -0.39 is 14.0 Å². The van der Waals surface area contributed by atoms with Crippen molar-refractivity contribution in [2.75, 3.05) is 0 Å². The first-order valence-corrected chi connectivity index (χ1v) is 19.1. The molecule has 0 saturated heterocycles. The predicted molar refractivity (Wildman–Crippen MR) is 192 cm³/mol. The van der Waals surface area contributed by atoms with Crippen LogP contribution >= 0.6 is 0 Å². The molecule has 0 spiro atoms. The van der Waals surface area contributed by atoms with Gasteiger partial charge in [0.2, 0.25) is 0 Å². The van der Waals surface area contributed by atoms with Crippen LogP contribution in [-0.2, 0) is 5.92 Å². The molecule has 9 rings (SSSR count). The molecule has 0 unspecified atom stereocenters. The molecule has 0 atom stereocenters. The summed E-state index contributed by atoms with van der Waals surface area (Å²) in [5, 5.41) is 2.82. The Bertz CT molecular complexity index is 2350. The van der Waals surface area contributed by atoms with Crippen molar-refractivity contribution in [2.45, 2.75) is 19.0 Å². The molecule has 0 fully saturated rings. The van der Waals surface area contributed by atoms with E-state index in [1.54, 1.807) is 18.2 Å². The topological polar surface area (TPSA) is 38.7 Å². The summed E-state index contributed by atoms with van der Waals surface area (Å²) in [4.78, 5) is 14.3. The number of hydrogen-bond acceptors (Lipinski definition) is 3. The van der Waals surface area contributed by atoms with Gasteiger partial charge in [-0.3, -0.25) is 0 Å². The molecule has 0 saturated carbocycles. The molecule has 3 nitrogen and oxygen atoms in total. The Kier molecular flexibility index (Phi) is 6.23. The molecule has 0 bridgehead atoms. The van der Waals surface area contributed by atoms with Crippen LogP contribution in [0.1, 0.15) is 11.1 Å². The van der Waals surface area contributed by atoms with Crippen molar-refractivity contribution in [3.63, 3.8) is 0 Å². The van der Waals surface area contributed by atoms with Crippen LogP contribution in [-0.4, -0.2) is 23.0 Å². The van der Waals surface area contributed by atoms with Gasteiger partial charge in [-0.2, -0.15) is 8.78 Å². The molecule has 0 N–H and O–H groups in total. The standard InChI is InChI=1S/C42H29F2N3Si/c1-48(2)37-16-10-9-15-33(37)34-23-28(19-22-38(34)48)29-17-20-31-32-21-18-30(25-36(32)42(43,44)35(31)24-29)41-46-39(26-11-5-3-6-12-26)45-40(47-41)27-13-7-4-8-14-27/h3-25H,1-2H3. The molecular weight excluding hydrogens is 613 g/mol. The summed E-state index contributed by atoms with van der Waals surface area (Å²) in [5.74, 6) is -1.86. The highest BCUT2D eigenvalue weighted by atomic mass is 28.3. The van der Waals surface area contributed by atoms with Gasteiger partial charge in [-0.05, 0) is 62.0 Å². The average Bonchev–Trinajstić information content (AvgIpc) is 3.50. The summed E-state index contributed by atoms with van der Waals surface area (Å²) in [6, 6.07) is 45.0. The fourth-order valence-corrected chi connectivity index (χ4v) is 10.5. The molecule has 2 aliphatic rings. The van der Waals surface area contributed by atoms with Crippen molar-refractivity contribution >= 4 is 18.4 Å². The minimum atomic E-state index is -3.19. The molecule has 230 valence electrons. The van der Waals surface area contributed by atoms with E-state index in [9.17, 15) is 0 Å². The number of rotatable bonds is 4. The van der Waals surface area contributed by atoms with Crippen LogP contribution in [0, 0.1) is 0 Å². The summed E-state index contributed by atoms with van der Waals surface area (Å²) in [6.45, 7) is 4.75. The molecule has 1 aromatic heterocycles. The first-order valence-electron chi connectivity index (χ1n) is 16.1. The number of alkyl halides is 2. The van der Waals surface area contributed by atoms with Crippen molar-refractivity contribution in [1.29, 1.82) is 0 Å². The van der Waals surface area contributed by atoms with Gasteiger partial charge in [-0.15, -0.1) is 0 Å². The van der Waals surface area contributed by atoms with Gasteiger partial charge in [0, 0.05) is 27.8 Å². The van der Waals surface area contributed by atoms with E-state index in [4.69, 9.17) is 15.0 Å². The van der Waals surface area contributed by atoms with Crippen LogP contribution in [0.25, 0.3) is 67.5 Å². The van der Waals surface area contributed by atoms with Crippen molar-refractivity contribution in [2.24, 2.45) is 0 Å². The Morgan fingerprint density at radius 2 is 0.875 bits per heavy atom. The highest BCUT2D eigenvalue weighted by Crippen LogP contribution is 2.52. The molecule has 0 amide bonds. The lowest BCUT2D eigenvalue weighted by molar-refractivity contribution is 0.0481. The normalized spacial score (nSPS) is 14.6. The van der Waals surface area contributed by atoms with E-state index in [2.05, 4.69) is 55.6 Å². The maximum Gasteiger partial charge on any atom is 0.299 e. The van der Waals surface area contributed by atoms with Gasteiger partial charge < -0.3 is 0 Å². The quantitative estimate of drug-likeness (QED) is 0.180. The molecule has 6 aromatic carbocycles. The second kappa shape index (κ2) is 10.5. The molecule has 48 heavy (non-hydrogen) atoms. The summed E-state index contributed by atoms with van der Waals surface area (Å²) in [6.07, 6.45) is 0. The smallest absolute Gasteiger partial charge is 0.208 e. The minimum absolute atomic E-state index is 0.0216. The first kappa shape index (κ1) is 28.6. The maximum absolute atomic E-state index is 16.5. The number of hydrogen-bond donors (Lipinski definition) is 0. The van der Waals surface area contributed by atoms with E-state index in [-0.39, 0.29) is 11.1 Å². The zero-order valence-electron chi connectivity index (χ0n) is 26.4. The number of nitrogens with zero attached hydrogens (tertiary/aromatic N) is 3. The summed E-state index contributed by atoms with van der Waals surface area (Å²) in [7, 11) is -1.80. The first-order chi connectivity index (χ1) is 23.3. The third-order valence-electron chi connectivity index (χ3n) is 9.88. The summed E-state index contributed by atoms with van der Waals surface area (Å²) >= 11 is 0. The Morgan fingerprint density at radius 1 is 0.417 bits per heavy atom. The Hall–Kier alpha value is -5.59. The van der Waals surface area contributed by atoms with Gasteiger partial charge in [-0.1, -0.05) is 134 Å². The van der Waals surface area contributed by atoms with E-state index in [1.165, 1.54) is 21.5 Å². The number of halogens is 2. The molecule has 0 radical (unpaired) electrons. The SMILES string of the molecule is C[Si]1(C)c2ccccc2-c2cc(-c3ccc4c(c3)C(F)(F)c3cc(-c5nc(-c6ccccc6)nc(-c6ccccc6)n5)ccc3-4)ccc21. The van der Waals surface area contributed by atoms with Crippen LogP contribution in [0.15, 0.2) is 140 Å². The summed E-state index contributed by atoms with van der Waals surface area (Å²) in [5.41, 5.74) is 7.45. The fraction of sp³-hybridized carbons (Fsp3) is 0.0714. The molecular formula is C42H29F2N3Si. The van der Waals surface area contributed by atoms with Gasteiger partial charge in [0.25, 0.3) is 5.92 Å². The van der Waals surface area contributed by atoms with E-state index in [0.29, 0.717) is 34.2 Å². The third-order valence-corrected chi connectivity index (χ3v) is 13.4. The Balaban J connectivity index is 1.12. The van der Waals surface area contributed by atoms with Gasteiger partial charge in [0.1, 0.15) is 8.07 Å². The third kappa shape index (κ3) is 4.33. The predicted octanol–water partition coefficient (Wildman–Crippen LogP) is 9.46. The second-order valence-electron chi connectivity index (χ2n) is 13.1. The van der Waals surface area contributed by atoms with E-state index in [1.807, 2.05) is 78.9 Å². The maximum atomic E-state index is 16.5. The van der Waals surface area contributed by atoms with Crippen LogP contribution in [0.3, 0.4) is 0 Å².